The quantitative estimate of drug-likeness (QED) is 0.229. The number of benzene rings is 1. The Kier molecular flexibility index (Phi) is 5.45. The van der Waals surface area contributed by atoms with E-state index in [9.17, 15) is 9.18 Å². The molecule has 1 amide bonds. The molecule has 0 spiro atoms. The minimum Gasteiger partial charge on any atom is -0.338 e. The molecule has 6 heterocycles. The summed E-state index contributed by atoms with van der Waals surface area (Å²) in [7, 11) is 0. The second-order valence-electron chi connectivity index (χ2n) is 8.85. The third-order valence-corrected chi connectivity index (χ3v) is 7.27. The molecule has 188 valence electrons. The molecule has 10 heteroatoms. The number of nitrogens with zero attached hydrogens (tertiary/aromatic N) is 4. The number of carbonyl (C=O) groups excluding carboxylic acids is 1. The van der Waals surface area contributed by atoms with Gasteiger partial charge in [0.25, 0.3) is 5.91 Å². The van der Waals surface area contributed by atoms with Gasteiger partial charge in [-0.2, -0.15) is 9.49 Å². The first-order valence-corrected chi connectivity index (χ1v) is 12.8. The van der Waals surface area contributed by atoms with Gasteiger partial charge in [0.1, 0.15) is 16.9 Å². The second-order valence-corrected chi connectivity index (χ2v) is 9.89. The van der Waals surface area contributed by atoms with Crippen molar-refractivity contribution < 1.29 is 9.18 Å². The monoisotopic (exact) mass is 531 g/mol. The average molecular weight is 532 g/mol. The Hall–Kier alpha value is -5.22. The SMILES string of the molecule is O=C(Nc1cncc(-c2ccc3[nH]nc(-c4cc5c(-c6ccc(F)s6)ccnc5[nH]4)c3n2)c1)c1ccccc1. The molecule has 3 N–H and O–H groups in total. The number of H-pyrrole nitrogens is 2. The molecular weight excluding hydrogens is 513 g/mol. The lowest BCUT2D eigenvalue weighted by Gasteiger charge is -2.07. The summed E-state index contributed by atoms with van der Waals surface area (Å²) >= 11 is 1.09. The maximum Gasteiger partial charge on any atom is 0.255 e. The zero-order valence-electron chi connectivity index (χ0n) is 20.1. The van der Waals surface area contributed by atoms with Crippen LogP contribution in [0.5, 0.6) is 0 Å². The van der Waals surface area contributed by atoms with Crippen molar-refractivity contribution >= 4 is 45.0 Å². The molecule has 0 saturated carbocycles. The Labute approximate surface area is 224 Å². The molecule has 8 nitrogen and oxygen atoms in total. The number of aromatic nitrogens is 6. The highest BCUT2D eigenvalue weighted by molar-refractivity contribution is 7.14. The van der Waals surface area contributed by atoms with Gasteiger partial charge in [-0.25, -0.2) is 9.97 Å². The van der Waals surface area contributed by atoms with Crippen molar-refractivity contribution in [1.82, 2.24) is 30.1 Å². The van der Waals surface area contributed by atoms with Gasteiger partial charge in [-0.3, -0.25) is 14.9 Å². The van der Waals surface area contributed by atoms with E-state index in [0.717, 1.165) is 43.9 Å². The van der Waals surface area contributed by atoms with Crippen LogP contribution in [0.3, 0.4) is 0 Å². The van der Waals surface area contributed by atoms with E-state index in [-0.39, 0.29) is 11.0 Å². The smallest absolute Gasteiger partial charge is 0.255 e. The van der Waals surface area contributed by atoms with Crippen LogP contribution in [-0.4, -0.2) is 36.0 Å². The number of fused-ring (bicyclic) bond motifs is 2. The van der Waals surface area contributed by atoms with Crippen molar-refractivity contribution in [2.45, 2.75) is 0 Å². The van der Waals surface area contributed by atoms with Crippen LogP contribution in [0, 0.1) is 5.13 Å². The highest BCUT2D eigenvalue weighted by Crippen LogP contribution is 2.35. The van der Waals surface area contributed by atoms with Crippen LogP contribution in [0.25, 0.3) is 55.2 Å². The zero-order valence-corrected chi connectivity index (χ0v) is 21.0. The summed E-state index contributed by atoms with van der Waals surface area (Å²) in [5, 5.41) is 11.1. The van der Waals surface area contributed by atoms with Crippen LogP contribution >= 0.6 is 11.3 Å². The topological polar surface area (TPSA) is 112 Å². The lowest BCUT2D eigenvalue weighted by molar-refractivity contribution is 0.102. The molecule has 0 atom stereocenters. The van der Waals surface area contributed by atoms with Gasteiger partial charge in [0.05, 0.1) is 28.8 Å². The molecule has 0 aliphatic heterocycles. The van der Waals surface area contributed by atoms with Crippen LogP contribution in [0.4, 0.5) is 10.1 Å². The van der Waals surface area contributed by atoms with Crippen molar-refractivity contribution in [3.05, 3.63) is 102 Å². The zero-order chi connectivity index (χ0) is 26.3. The number of nitrogens with one attached hydrogen (secondary N) is 3. The van der Waals surface area contributed by atoms with E-state index in [0.29, 0.717) is 33.8 Å². The Morgan fingerprint density at radius 1 is 0.974 bits per heavy atom. The fourth-order valence-electron chi connectivity index (χ4n) is 4.52. The van der Waals surface area contributed by atoms with Crippen molar-refractivity contribution in [2.24, 2.45) is 0 Å². The lowest BCUT2D eigenvalue weighted by Crippen LogP contribution is -2.11. The molecular formula is C29H18FN7OS. The molecule has 7 aromatic rings. The minimum atomic E-state index is -0.237. The Balaban J connectivity index is 1.25. The first-order valence-electron chi connectivity index (χ1n) is 12.0. The Morgan fingerprint density at radius 3 is 2.72 bits per heavy atom. The molecule has 0 radical (unpaired) electrons. The summed E-state index contributed by atoms with van der Waals surface area (Å²) < 4.78 is 13.7. The van der Waals surface area contributed by atoms with Gasteiger partial charge >= 0.3 is 0 Å². The van der Waals surface area contributed by atoms with E-state index < -0.39 is 0 Å². The van der Waals surface area contributed by atoms with E-state index in [1.807, 2.05) is 48.5 Å². The number of amides is 1. The van der Waals surface area contributed by atoms with Crippen molar-refractivity contribution in [2.75, 3.05) is 5.32 Å². The largest absolute Gasteiger partial charge is 0.338 e. The summed E-state index contributed by atoms with van der Waals surface area (Å²) in [4.78, 5) is 30.4. The molecule has 0 saturated heterocycles. The molecule has 39 heavy (non-hydrogen) atoms. The highest BCUT2D eigenvalue weighted by atomic mass is 32.1. The number of anilines is 1. The molecule has 0 aliphatic rings. The maximum absolute atomic E-state index is 13.7. The number of pyridine rings is 3. The van der Waals surface area contributed by atoms with Crippen LogP contribution in [-0.2, 0) is 0 Å². The van der Waals surface area contributed by atoms with Crippen molar-refractivity contribution in [1.29, 1.82) is 0 Å². The second kappa shape index (κ2) is 9.26. The first-order chi connectivity index (χ1) is 19.1. The fourth-order valence-corrected chi connectivity index (χ4v) is 5.29. The van der Waals surface area contributed by atoms with Gasteiger partial charge in [0.2, 0.25) is 0 Å². The third-order valence-electron chi connectivity index (χ3n) is 6.36. The molecule has 0 bridgehead atoms. The summed E-state index contributed by atoms with van der Waals surface area (Å²) in [6.45, 7) is 0. The minimum absolute atomic E-state index is 0.216. The lowest BCUT2D eigenvalue weighted by atomic mass is 10.1. The number of halogens is 1. The van der Waals surface area contributed by atoms with Gasteiger partial charge in [-0.15, -0.1) is 11.3 Å². The molecule has 1 aromatic carbocycles. The first kappa shape index (κ1) is 22.9. The van der Waals surface area contributed by atoms with Gasteiger partial charge in [-0.1, -0.05) is 18.2 Å². The summed E-state index contributed by atoms with van der Waals surface area (Å²) in [5.74, 6) is -0.216. The van der Waals surface area contributed by atoms with Crippen molar-refractivity contribution in [3.8, 4) is 33.1 Å². The summed E-state index contributed by atoms with van der Waals surface area (Å²) in [5.41, 5.74) is 6.92. The third kappa shape index (κ3) is 4.22. The van der Waals surface area contributed by atoms with Crippen molar-refractivity contribution in [3.63, 3.8) is 0 Å². The van der Waals surface area contributed by atoms with E-state index in [2.05, 4.69) is 30.5 Å². The summed E-state index contributed by atoms with van der Waals surface area (Å²) in [6, 6.07) is 21.7. The van der Waals surface area contributed by atoms with E-state index >= 15 is 0 Å². The number of aromatic amines is 2. The number of hydrogen-bond acceptors (Lipinski definition) is 6. The van der Waals surface area contributed by atoms with Crippen LogP contribution < -0.4 is 5.32 Å². The summed E-state index contributed by atoms with van der Waals surface area (Å²) in [6.07, 6.45) is 5.00. The number of carbonyl (C=O) groups is 1. The normalized spacial score (nSPS) is 11.3. The maximum atomic E-state index is 13.7. The Morgan fingerprint density at radius 2 is 1.87 bits per heavy atom. The molecule has 0 unspecified atom stereocenters. The van der Waals surface area contributed by atoms with E-state index in [1.54, 1.807) is 36.8 Å². The van der Waals surface area contributed by atoms with E-state index in [4.69, 9.17) is 4.98 Å². The predicted molar refractivity (Wildman–Crippen MR) is 150 cm³/mol. The van der Waals surface area contributed by atoms with Gasteiger partial charge in [-0.05, 0) is 54.6 Å². The molecule has 6 aromatic heterocycles. The van der Waals surface area contributed by atoms with Gasteiger partial charge in [0.15, 0.2) is 5.13 Å². The fraction of sp³-hybridized carbons (Fsp3) is 0. The number of rotatable bonds is 5. The van der Waals surface area contributed by atoms with Crippen LogP contribution in [0.2, 0.25) is 0 Å². The molecule has 0 aliphatic carbocycles. The van der Waals surface area contributed by atoms with E-state index in [1.165, 1.54) is 6.07 Å². The van der Waals surface area contributed by atoms with Crippen LogP contribution in [0.15, 0.2) is 91.4 Å². The van der Waals surface area contributed by atoms with Crippen LogP contribution in [0.1, 0.15) is 10.4 Å². The average Bonchev–Trinajstić information content (AvgIpc) is 3.71. The Bertz CT molecular complexity index is 1990. The predicted octanol–water partition coefficient (Wildman–Crippen LogP) is 6.68. The van der Waals surface area contributed by atoms with Gasteiger partial charge < -0.3 is 10.3 Å². The molecule has 0 fully saturated rings. The highest BCUT2D eigenvalue weighted by Gasteiger charge is 2.17. The number of thiophene rings is 1. The van der Waals surface area contributed by atoms with Gasteiger partial charge in [0, 0.05) is 39.3 Å². The number of hydrogen-bond donors (Lipinski definition) is 3. The molecule has 7 rings (SSSR count). The standard InChI is InChI=1S/C29H18FN7OS/c30-25-9-8-24(39-25)19-10-11-32-28-20(19)13-23(35-28)27-26-22(36-37-27)7-6-21(34-26)17-12-18(15-31-14-17)33-29(38)16-4-2-1-3-5-16/h1-15H,(H,32,35)(H,33,38)(H,36,37).